The lowest BCUT2D eigenvalue weighted by molar-refractivity contribution is -0.122. The van der Waals surface area contributed by atoms with E-state index in [4.69, 9.17) is 11.6 Å². The minimum absolute atomic E-state index is 0.149. The minimum Gasteiger partial charge on any atom is -0.313 e. The Bertz CT molecular complexity index is 1320. The molecule has 4 rings (SSSR count). The van der Waals surface area contributed by atoms with Crippen molar-refractivity contribution in [3.05, 3.63) is 57.7 Å². The predicted molar refractivity (Wildman–Crippen MR) is 126 cm³/mol. The van der Waals surface area contributed by atoms with E-state index in [-0.39, 0.29) is 4.21 Å². The van der Waals surface area contributed by atoms with Crippen LogP contribution in [0.15, 0.2) is 52.2 Å². The Morgan fingerprint density at radius 3 is 2.81 bits per heavy atom. The van der Waals surface area contributed by atoms with Crippen molar-refractivity contribution in [3.8, 4) is 0 Å². The summed E-state index contributed by atoms with van der Waals surface area (Å²) in [7, 11) is -3.81. The molecule has 10 heteroatoms. The van der Waals surface area contributed by atoms with Crippen molar-refractivity contribution < 1.29 is 13.2 Å². The standard InChI is InChI=1S/C21H22ClN3O3S3/c1-3-11-24-15-8-7-14(2)13-17(15)29-21(24)23-20(26)16-6-4-5-12-25(16)31(27,28)19-10-9-18(22)30-19/h3,7-10,13,16H,1,4-6,11-12H2,2H3. The largest absolute Gasteiger partial charge is 0.313 e. The smallest absolute Gasteiger partial charge is 0.266 e. The summed E-state index contributed by atoms with van der Waals surface area (Å²) in [6, 6.07) is 8.31. The van der Waals surface area contributed by atoms with Crippen LogP contribution in [0.5, 0.6) is 0 Å². The molecule has 3 heterocycles. The molecule has 1 unspecified atom stereocenters. The average Bonchev–Trinajstić information content (AvgIpc) is 3.32. The molecule has 0 radical (unpaired) electrons. The number of amides is 1. The van der Waals surface area contributed by atoms with Gasteiger partial charge in [-0.1, -0.05) is 41.5 Å². The van der Waals surface area contributed by atoms with Gasteiger partial charge < -0.3 is 4.57 Å². The second kappa shape index (κ2) is 8.99. The normalized spacial score (nSPS) is 18.5. The van der Waals surface area contributed by atoms with E-state index >= 15 is 0 Å². The Hall–Kier alpha value is -1.78. The lowest BCUT2D eigenvalue weighted by atomic mass is 10.0. The van der Waals surface area contributed by atoms with E-state index in [1.807, 2.05) is 23.6 Å². The van der Waals surface area contributed by atoms with Crippen LogP contribution < -0.4 is 4.80 Å². The second-order valence-electron chi connectivity index (χ2n) is 7.39. The third-order valence-electron chi connectivity index (χ3n) is 5.21. The summed E-state index contributed by atoms with van der Waals surface area (Å²) < 4.78 is 31.2. The van der Waals surface area contributed by atoms with Gasteiger partial charge in [-0.25, -0.2) is 8.42 Å². The molecule has 1 aliphatic rings. The molecule has 2 aromatic heterocycles. The number of thiazole rings is 1. The Kier molecular flexibility index (Phi) is 6.50. The first kappa shape index (κ1) is 22.4. The first-order chi connectivity index (χ1) is 14.8. The number of piperidine rings is 1. The van der Waals surface area contributed by atoms with Crippen molar-refractivity contribution >= 4 is 60.4 Å². The fourth-order valence-electron chi connectivity index (χ4n) is 3.73. The van der Waals surface area contributed by atoms with E-state index in [0.717, 1.165) is 33.5 Å². The van der Waals surface area contributed by atoms with Crippen LogP contribution in [0.2, 0.25) is 4.34 Å². The highest BCUT2D eigenvalue weighted by Crippen LogP contribution is 2.32. The lowest BCUT2D eigenvalue weighted by Crippen LogP contribution is -2.47. The molecule has 0 spiro atoms. The highest BCUT2D eigenvalue weighted by molar-refractivity contribution is 7.91. The van der Waals surface area contributed by atoms with Crippen LogP contribution in [0.4, 0.5) is 0 Å². The number of carbonyl (C=O) groups is 1. The lowest BCUT2D eigenvalue weighted by Gasteiger charge is -2.31. The molecular weight excluding hydrogens is 474 g/mol. The molecule has 1 amide bonds. The topological polar surface area (TPSA) is 71.7 Å². The molecule has 31 heavy (non-hydrogen) atoms. The van der Waals surface area contributed by atoms with Crippen molar-refractivity contribution in [2.45, 2.75) is 43.0 Å². The Labute approximate surface area is 194 Å². The maximum absolute atomic E-state index is 13.2. The number of rotatable bonds is 5. The number of benzene rings is 1. The number of aromatic nitrogens is 1. The molecule has 1 saturated heterocycles. The zero-order chi connectivity index (χ0) is 22.2. The van der Waals surface area contributed by atoms with Gasteiger partial charge in [-0.2, -0.15) is 9.30 Å². The molecule has 0 bridgehead atoms. The summed E-state index contributed by atoms with van der Waals surface area (Å²) in [6.07, 6.45) is 3.70. The molecule has 6 nitrogen and oxygen atoms in total. The van der Waals surface area contributed by atoms with E-state index in [0.29, 0.717) is 35.1 Å². The van der Waals surface area contributed by atoms with Crippen molar-refractivity contribution in [2.75, 3.05) is 6.54 Å². The number of thiophene rings is 1. The van der Waals surface area contributed by atoms with Crippen LogP contribution in [0, 0.1) is 6.92 Å². The zero-order valence-corrected chi connectivity index (χ0v) is 20.2. The minimum atomic E-state index is -3.81. The fraction of sp³-hybridized carbons (Fsp3) is 0.333. The maximum Gasteiger partial charge on any atom is 0.266 e. The van der Waals surface area contributed by atoms with Crippen LogP contribution in [0.3, 0.4) is 0 Å². The molecule has 0 saturated carbocycles. The average molecular weight is 496 g/mol. The molecular formula is C21H22ClN3O3S3. The van der Waals surface area contributed by atoms with E-state index in [1.54, 1.807) is 12.1 Å². The Morgan fingerprint density at radius 2 is 2.10 bits per heavy atom. The van der Waals surface area contributed by atoms with Gasteiger partial charge in [0.15, 0.2) is 4.80 Å². The van der Waals surface area contributed by atoms with Crippen LogP contribution in [-0.2, 0) is 21.4 Å². The number of sulfonamides is 1. The Balaban J connectivity index is 1.75. The molecule has 1 fully saturated rings. The first-order valence-corrected chi connectivity index (χ1v) is 13.3. The third kappa shape index (κ3) is 4.42. The molecule has 0 N–H and O–H groups in total. The van der Waals surface area contributed by atoms with Crippen LogP contribution in [-0.4, -0.2) is 35.8 Å². The van der Waals surface area contributed by atoms with Crippen LogP contribution >= 0.6 is 34.3 Å². The summed E-state index contributed by atoms with van der Waals surface area (Å²) >= 11 is 8.37. The fourth-order valence-corrected chi connectivity index (χ4v) is 8.14. The number of hydrogen-bond donors (Lipinski definition) is 0. The van der Waals surface area contributed by atoms with Crippen molar-refractivity contribution in [1.82, 2.24) is 8.87 Å². The SMILES string of the molecule is C=CCn1c(=NC(=O)C2CCCCN2S(=O)(=O)c2ccc(Cl)s2)sc2cc(C)ccc21. The molecule has 0 aliphatic carbocycles. The first-order valence-electron chi connectivity index (χ1n) is 9.88. The van der Waals surface area contributed by atoms with E-state index in [9.17, 15) is 13.2 Å². The number of nitrogens with zero attached hydrogens (tertiary/aromatic N) is 3. The number of aryl methyl sites for hydroxylation is 1. The maximum atomic E-state index is 13.2. The molecule has 1 atom stereocenters. The zero-order valence-electron chi connectivity index (χ0n) is 17.0. The highest BCUT2D eigenvalue weighted by Gasteiger charge is 2.38. The monoisotopic (exact) mass is 495 g/mol. The van der Waals surface area contributed by atoms with Crippen LogP contribution in [0.1, 0.15) is 24.8 Å². The summed E-state index contributed by atoms with van der Waals surface area (Å²) in [5.74, 6) is -0.438. The molecule has 164 valence electrons. The molecule has 1 aliphatic heterocycles. The number of halogens is 1. The van der Waals surface area contributed by atoms with E-state index in [2.05, 4.69) is 17.6 Å². The number of hydrogen-bond acceptors (Lipinski definition) is 5. The quantitative estimate of drug-likeness (QED) is 0.486. The van der Waals surface area contributed by atoms with Crippen LogP contribution in [0.25, 0.3) is 10.2 Å². The highest BCUT2D eigenvalue weighted by atomic mass is 35.5. The summed E-state index contributed by atoms with van der Waals surface area (Å²) in [5, 5.41) is 0. The van der Waals surface area contributed by atoms with Gasteiger partial charge in [0, 0.05) is 13.1 Å². The van der Waals surface area contributed by atoms with Gasteiger partial charge in [-0.15, -0.1) is 17.9 Å². The van der Waals surface area contributed by atoms with Crippen molar-refractivity contribution in [3.63, 3.8) is 0 Å². The summed E-state index contributed by atoms with van der Waals surface area (Å²) in [5.41, 5.74) is 2.10. The number of allylic oxidation sites excluding steroid dienone is 1. The van der Waals surface area contributed by atoms with Gasteiger partial charge in [0.2, 0.25) is 0 Å². The second-order valence-corrected chi connectivity index (χ2v) is 12.2. The van der Waals surface area contributed by atoms with Crippen molar-refractivity contribution in [1.29, 1.82) is 0 Å². The van der Waals surface area contributed by atoms with Gasteiger partial charge in [-0.3, -0.25) is 4.79 Å². The van der Waals surface area contributed by atoms with E-state index in [1.165, 1.54) is 21.7 Å². The summed E-state index contributed by atoms with van der Waals surface area (Å²) in [4.78, 5) is 18.2. The van der Waals surface area contributed by atoms with Gasteiger partial charge in [0.25, 0.3) is 15.9 Å². The number of fused-ring (bicyclic) bond motifs is 1. The summed E-state index contributed by atoms with van der Waals surface area (Å²) in [6.45, 7) is 6.63. The van der Waals surface area contributed by atoms with Gasteiger partial charge >= 0.3 is 0 Å². The number of carbonyl (C=O) groups excluding carboxylic acids is 1. The third-order valence-corrected chi connectivity index (χ3v) is 9.85. The Morgan fingerprint density at radius 1 is 1.29 bits per heavy atom. The van der Waals surface area contributed by atoms with Gasteiger partial charge in [0.05, 0.1) is 14.6 Å². The van der Waals surface area contributed by atoms with Gasteiger partial charge in [0.1, 0.15) is 10.3 Å². The van der Waals surface area contributed by atoms with Gasteiger partial charge in [-0.05, 0) is 49.6 Å². The van der Waals surface area contributed by atoms with E-state index < -0.39 is 22.0 Å². The van der Waals surface area contributed by atoms with Crippen molar-refractivity contribution in [2.24, 2.45) is 4.99 Å². The molecule has 3 aromatic rings. The predicted octanol–water partition coefficient (Wildman–Crippen LogP) is 4.58. The molecule has 1 aromatic carbocycles.